The number of carbonyl (C=O) groups is 2. The summed E-state index contributed by atoms with van der Waals surface area (Å²) in [5.74, 6) is -0.607. The maximum absolute atomic E-state index is 13.8. The molecule has 0 saturated carbocycles. The Balaban J connectivity index is 1.58. The van der Waals surface area contributed by atoms with Crippen LogP contribution in [0.1, 0.15) is 26.3 Å². The topological polar surface area (TPSA) is 49.9 Å². The lowest BCUT2D eigenvalue weighted by Crippen LogP contribution is -2.40. The van der Waals surface area contributed by atoms with Crippen molar-refractivity contribution in [1.29, 1.82) is 0 Å². The number of ether oxygens (including phenoxy) is 1. The van der Waals surface area contributed by atoms with Crippen LogP contribution >= 0.6 is 11.8 Å². The molecule has 5 nitrogen and oxygen atoms in total. The SMILES string of the molecule is O=C(c1ccc2c(c1)N(Cc1cccc(F)c1)C(=O)c1ccccc1S2)N1CCOCC1. The van der Waals surface area contributed by atoms with Gasteiger partial charge in [-0.15, -0.1) is 0 Å². The predicted octanol–water partition coefficient (Wildman–Crippen LogP) is 4.61. The summed E-state index contributed by atoms with van der Waals surface area (Å²) in [5.41, 5.74) is 2.44. The first kappa shape index (κ1) is 20.7. The highest BCUT2D eigenvalue weighted by Crippen LogP contribution is 2.42. The van der Waals surface area contributed by atoms with Gasteiger partial charge in [0.15, 0.2) is 0 Å². The summed E-state index contributed by atoms with van der Waals surface area (Å²) >= 11 is 1.50. The third-order valence-corrected chi connectivity index (χ3v) is 6.75. The van der Waals surface area contributed by atoms with E-state index in [0.29, 0.717) is 48.7 Å². The van der Waals surface area contributed by atoms with Crippen LogP contribution in [-0.2, 0) is 11.3 Å². The molecule has 7 heteroatoms. The lowest BCUT2D eigenvalue weighted by Gasteiger charge is -2.28. The lowest BCUT2D eigenvalue weighted by atomic mass is 10.1. The fourth-order valence-electron chi connectivity index (χ4n) is 3.98. The summed E-state index contributed by atoms with van der Waals surface area (Å²) in [5, 5.41) is 0. The molecular weight excluding hydrogens is 427 g/mol. The normalized spacial score (nSPS) is 15.7. The van der Waals surface area contributed by atoms with Gasteiger partial charge in [0.05, 0.1) is 31.0 Å². The van der Waals surface area contributed by atoms with Crippen LogP contribution in [0.15, 0.2) is 76.5 Å². The van der Waals surface area contributed by atoms with Crippen molar-refractivity contribution in [3.05, 3.63) is 89.2 Å². The van der Waals surface area contributed by atoms with Crippen molar-refractivity contribution in [3.63, 3.8) is 0 Å². The molecule has 0 aliphatic carbocycles. The van der Waals surface area contributed by atoms with Crippen LogP contribution in [-0.4, -0.2) is 43.0 Å². The van der Waals surface area contributed by atoms with Crippen molar-refractivity contribution >= 4 is 29.3 Å². The molecule has 5 rings (SSSR count). The van der Waals surface area contributed by atoms with Gasteiger partial charge in [-0.05, 0) is 48.0 Å². The largest absolute Gasteiger partial charge is 0.378 e. The molecule has 2 aliphatic rings. The fourth-order valence-corrected chi connectivity index (χ4v) is 5.04. The molecule has 2 heterocycles. The highest BCUT2D eigenvalue weighted by molar-refractivity contribution is 7.99. The van der Waals surface area contributed by atoms with E-state index in [1.54, 1.807) is 34.1 Å². The Kier molecular flexibility index (Phi) is 5.68. The van der Waals surface area contributed by atoms with E-state index < -0.39 is 0 Å². The van der Waals surface area contributed by atoms with Gasteiger partial charge in [0.2, 0.25) is 0 Å². The molecule has 1 fully saturated rings. The van der Waals surface area contributed by atoms with Crippen molar-refractivity contribution in [2.45, 2.75) is 16.3 Å². The number of hydrogen-bond donors (Lipinski definition) is 0. The highest BCUT2D eigenvalue weighted by atomic mass is 32.2. The van der Waals surface area contributed by atoms with E-state index in [9.17, 15) is 14.0 Å². The number of anilines is 1. The van der Waals surface area contributed by atoms with Crippen LogP contribution in [0.3, 0.4) is 0 Å². The van der Waals surface area contributed by atoms with E-state index in [-0.39, 0.29) is 24.2 Å². The molecule has 3 aromatic rings. The summed E-state index contributed by atoms with van der Waals surface area (Å²) in [6, 6.07) is 19.2. The average Bonchev–Trinajstić information content (AvgIpc) is 2.94. The predicted molar refractivity (Wildman–Crippen MR) is 121 cm³/mol. The quantitative estimate of drug-likeness (QED) is 0.587. The molecular formula is C25H21FN2O3S. The molecule has 0 spiro atoms. The number of hydrogen-bond acceptors (Lipinski definition) is 4. The Bertz CT molecular complexity index is 1190. The van der Waals surface area contributed by atoms with Gasteiger partial charge in [0, 0.05) is 28.4 Å². The van der Waals surface area contributed by atoms with Gasteiger partial charge in [-0.2, -0.15) is 0 Å². The molecule has 0 radical (unpaired) electrons. The van der Waals surface area contributed by atoms with Gasteiger partial charge in [-0.25, -0.2) is 4.39 Å². The maximum Gasteiger partial charge on any atom is 0.259 e. The van der Waals surface area contributed by atoms with Crippen molar-refractivity contribution in [2.75, 3.05) is 31.2 Å². The number of amides is 2. The van der Waals surface area contributed by atoms with E-state index in [4.69, 9.17) is 4.74 Å². The number of halogens is 1. The highest BCUT2D eigenvalue weighted by Gasteiger charge is 2.29. The van der Waals surface area contributed by atoms with Gasteiger partial charge >= 0.3 is 0 Å². The third kappa shape index (κ3) is 4.01. The average molecular weight is 449 g/mol. The van der Waals surface area contributed by atoms with Crippen LogP contribution in [0.25, 0.3) is 0 Å². The van der Waals surface area contributed by atoms with Gasteiger partial charge in [0.25, 0.3) is 11.8 Å². The van der Waals surface area contributed by atoms with Crippen molar-refractivity contribution in [1.82, 2.24) is 4.90 Å². The number of carbonyl (C=O) groups excluding carboxylic acids is 2. The zero-order valence-corrected chi connectivity index (χ0v) is 18.1. The van der Waals surface area contributed by atoms with Crippen LogP contribution in [0.4, 0.5) is 10.1 Å². The summed E-state index contributed by atoms with van der Waals surface area (Å²) in [4.78, 5) is 31.8. The van der Waals surface area contributed by atoms with Crippen molar-refractivity contribution in [3.8, 4) is 0 Å². The first-order chi connectivity index (χ1) is 15.6. The first-order valence-corrected chi connectivity index (χ1v) is 11.3. The number of morpholine rings is 1. The summed E-state index contributed by atoms with van der Waals surface area (Å²) in [6.45, 7) is 2.33. The van der Waals surface area contributed by atoms with E-state index in [0.717, 1.165) is 9.79 Å². The molecule has 32 heavy (non-hydrogen) atoms. The molecule has 0 unspecified atom stereocenters. The van der Waals surface area contributed by atoms with Crippen LogP contribution in [0.2, 0.25) is 0 Å². The fraction of sp³-hybridized carbons (Fsp3) is 0.200. The molecule has 0 aromatic heterocycles. The molecule has 0 N–H and O–H groups in total. The summed E-state index contributed by atoms with van der Waals surface area (Å²) < 4.78 is 19.2. The molecule has 2 aliphatic heterocycles. The smallest absolute Gasteiger partial charge is 0.259 e. The first-order valence-electron chi connectivity index (χ1n) is 10.4. The molecule has 162 valence electrons. The lowest BCUT2D eigenvalue weighted by molar-refractivity contribution is 0.0303. The monoisotopic (exact) mass is 448 g/mol. The number of rotatable bonds is 3. The standard InChI is InChI=1S/C25H21FN2O3S/c26-19-5-3-4-17(14-19)16-28-21-15-18(24(29)27-10-12-31-13-11-27)8-9-23(21)32-22-7-2-1-6-20(22)25(28)30/h1-9,14-15H,10-13,16H2. The van der Waals surface area contributed by atoms with Crippen molar-refractivity contribution < 1.29 is 18.7 Å². The Morgan fingerprint density at radius 3 is 2.59 bits per heavy atom. The second kappa shape index (κ2) is 8.76. The minimum Gasteiger partial charge on any atom is -0.378 e. The van der Waals surface area contributed by atoms with E-state index in [1.807, 2.05) is 30.3 Å². The number of fused-ring (bicyclic) bond motifs is 2. The van der Waals surface area contributed by atoms with Crippen LogP contribution in [0, 0.1) is 5.82 Å². The van der Waals surface area contributed by atoms with Crippen LogP contribution in [0.5, 0.6) is 0 Å². The van der Waals surface area contributed by atoms with E-state index in [2.05, 4.69) is 0 Å². The zero-order chi connectivity index (χ0) is 22.1. The molecule has 2 amide bonds. The number of benzene rings is 3. The van der Waals surface area contributed by atoms with Gasteiger partial charge < -0.3 is 14.5 Å². The number of nitrogens with zero attached hydrogens (tertiary/aromatic N) is 2. The Morgan fingerprint density at radius 1 is 0.969 bits per heavy atom. The van der Waals surface area contributed by atoms with Crippen LogP contribution < -0.4 is 4.90 Å². The van der Waals surface area contributed by atoms with E-state index in [1.165, 1.54) is 23.9 Å². The molecule has 0 bridgehead atoms. The van der Waals surface area contributed by atoms with E-state index >= 15 is 0 Å². The molecule has 0 atom stereocenters. The molecule has 1 saturated heterocycles. The Morgan fingerprint density at radius 2 is 1.78 bits per heavy atom. The zero-order valence-electron chi connectivity index (χ0n) is 17.3. The molecule has 3 aromatic carbocycles. The summed E-state index contributed by atoms with van der Waals surface area (Å²) in [7, 11) is 0. The summed E-state index contributed by atoms with van der Waals surface area (Å²) in [6.07, 6.45) is 0. The minimum atomic E-state index is -0.351. The second-order valence-corrected chi connectivity index (χ2v) is 8.79. The minimum absolute atomic E-state index is 0.0824. The third-order valence-electron chi connectivity index (χ3n) is 5.61. The van der Waals surface area contributed by atoms with Crippen molar-refractivity contribution in [2.24, 2.45) is 0 Å². The van der Waals surface area contributed by atoms with Gasteiger partial charge in [-0.1, -0.05) is 36.0 Å². The Labute approximate surface area is 189 Å². The van der Waals surface area contributed by atoms with Gasteiger partial charge in [-0.3, -0.25) is 9.59 Å². The van der Waals surface area contributed by atoms with Gasteiger partial charge in [0.1, 0.15) is 5.82 Å². The maximum atomic E-state index is 13.8. The Hall–Kier alpha value is -3.16. The second-order valence-electron chi connectivity index (χ2n) is 7.71.